The fourth-order valence-electron chi connectivity index (χ4n) is 2.63. The second-order valence-corrected chi connectivity index (χ2v) is 7.06. The molecule has 0 saturated carbocycles. The van der Waals surface area contributed by atoms with Crippen molar-refractivity contribution in [1.82, 2.24) is 0 Å². The average Bonchev–Trinajstić information content (AvgIpc) is 2.65. The molecular formula is C24H39FO2. The third kappa shape index (κ3) is 15.3. The van der Waals surface area contributed by atoms with Crippen LogP contribution in [0.5, 0.6) is 0 Å². The molecule has 0 bridgehead atoms. The maximum Gasteiger partial charge on any atom is 0.155 e. The van der Waals surface area contributed by atoms with Gasteiger partial charge < -0.3 is 4.74 Å². The van der Waals surface area contributed by atoms with Gasteiger partial charge in [0.2, 0.25) is 0 Å². The minimum Gasteiger partial charge on any atom is -0.370 e. The van der Waals surface area contributed by atoms with Gasteiger partial charge in [0.25, 0.3) is 0 Å². The first-order valence-corrected chi connectivity index (χ1v) is 10.3. The SMILES string of the molecule is C/C=C/[C@@H](C=CCCC/C=C(/F)CC)CC(C/C=C(\C)CC)OCC(C)=O. The fraction of sp³-hybridized carbons (Fsp3) is 0.625. The van der Waals surface area contributed by atoms with Crippen molar-refractivity contribution in [2.45, 2.75) is 85.7 Å². The Bertz CT molecular complexity index is 514. The van der Waals surface area contributed by atoms with Gasteiger partial charge >= 0.3 is 0 Å². The van der Waals surface area contributed by atoms with E-state index in [1.165, 1.54) is 5.57 Å². The largest absolute Gasteiger partial charge is 0.370 e. The third-order valence-corrected chi connectivity index (χ3v) is 4.45. The van der Waals surface area contributed by atoms with Gasteiger partial charge in [0.1, 0.15) is 6.61 Å². The monoisotopic (exact) mass is 378 g/mol. The van der Waals surface area contributed by atoms with Crippen molar-refractivity contribution in [1.29, 1.82) is 0 Å². The lowest BCUT2D eigenvalue weighted by molar-refractivity contribution is -0.123. The van der Waals surface area contributed by atoms with Gasteiger partial charge in [-0.1, -0.05) is 55.9 Å². The summed E-state index contributed by atoms with van der Waals surface area (Å²) in [6, 6.07) is 0. The van der Waals surface area contributed by atoms with Crippen molar-refractivity contribution in [3.05, 3.63) is 47.9 Å². The van der Waals surface area contributed by atoms with Crippen LogP contribution >= 0.6 is 0 Å². The predicted octanol–water partition coefficient (Wildman–Crippen LogP) is 7.28. The fourth-order valence-corrected chi connectivity index (χ4v) is 2.63. The molecule has 0 aromatic carbocycles. The van der Waals surface area contributed by atoms with Crippen molar-refractivity contribution >= 4 is 5.78 Å². The summed E-state index contributed by atoms with van der Waals surface area (Å²) < 4.78 is 18.9. The molecule has 0 radical (unpaired) electrons. The normalized spacial score (nSPS) is 15.6. The van der Waals surface area contributed by atoms with Gasteiger partial charge in [-0.3, -0.25) is 4.79 Å². The van der Waals surface area contributed by atoms with E-state index < -0.39 is 0 Å². The molecule has 1 unspecified atom stereocenters. The van der Waals surface area contributed by atoms with E-state index in [1.807, 2.05) is 13.8 Å². The topological polar surface area (TPSA) is 26.3 Å². The molecule has 27 heavy (non-hydrogen) atoms. The minimum atomic E-state index is -0.0216. The quantitative estimate of drug-likeness (QED) is 0.221. The maximum absolute atomic E-state index is 13.1. The first-order chi connectivity index (χ1) is 12.9. The summed E-state index contributed by atoms with van der Waals surface area (Å²) >= 11 is 0. The number of carbonyl (C=O) groups is 1. The van der Waals surface area contributed by atoms with E-state index in [0.717, 1.165) is 38.5 Å². The second kappa shape index (κ2) is 16.7. The van der Waals surface area contributed by atoms with E-state index in [0.29, 0.717) is 6.42 Å². The van der Waals surface area contributed by atoms with E-state index in [4.69, 9.17) is 4.74 Å². The van der Waals surface area contributed by atoms with Crippen LogP contribution in [0, 0.1) is 5.92 Å². The van der Waals surface area contributed by atoms with Gasteiger partial charge in [0, 0.05) is 0 Å². The Hall–Kier alpha value is -1.48. The van der Waals surface area contributed by atoms with Gasteiger partial charge in [-0.15, -0.1) is 0 Å². The predicted molar refractivity (Wildman–Crippen MR) is 114 cm³/mol. The summed E-state index contributed by atoms with van der Waals surface area (Å²) in [4.78, 5) is 11.3. The van der Waals surface area contributed by atoms with Crippen molar-refractivity contribution in [2.75, 3.05) is 6.61 Å². The molecule has 0 fully saturated rings. The Morgan fingerprint density at radius 1 is 1.07 bits per heavy atom. The van der Waals surface area contributed by atoms with Gasteiger partial charge in [0.05, 0.1) is 11.9 Å². The molecule has 0 aromatic rings. The van der Waals surface area contributed by atoms with E-state index in [-0.39, 0.29) is 30.2 Å². The van der Waals surface area contributed by atoms with Crippen LogP contribution in [0.1, 0.15) is 79.6 Å². The third-order valence-electron chi connectivity index (χ3n) is 4.45. The van der Waals surface area contributed by atoms with Gasteiger partial charge in [-0.25, -0.2) is 4.39 Å². The number of unbranched alkanes of at least 4 members (excludes halogenated alkanes) is 2. The highest BCUT2D eigenvalue weighted by atomic mass is 19.1. The lowest BCUT2D eigenvalue weighted by atomic mass is 9.97. The number of hydrogen-bond acceptors (Lipinski definition) is 2. The molecule has 0 N–H and O–H groups in total. The zero-order chi connectivity index (χ0) is 20.5. The van der Waals surface area contributed by atoms with E-state index >= 15 is 0 Å². The average molecular weight is 379 g/mol. The molecule has 0 spiro atoms. The Morgan fingerprint density at radius 3 is 2.41 bits per heavy atom. The minimum absolute atomic E-state index is 0.0216. The summed E-state index contributed by atoms with van der Waals surface area (Å²) in [5, 5.41) is 0. The molecule has 0 aliphatic rings. The molecule has 3 heteroatoms. The number of ether oxygens (including phenoxy) is 1. The van der Waals surface area contributed by atoms with Gasteiger partial charge in [-0.05, 0) is 71.6 Å². The van der Waals surface area contributed by atoms with Crippen LogP contribution in [-0.2, 0) is 9.53 Å². The molecule has 2 nitrogen and oxygen atoms in total. The molecule has 0 saturated heterocycles. The molecule has 0 heterocycles. The number of ketones is 1. The van der Waals surface area contributed by atoms with Crippen molar-refractivity contribution in [2.24, 2.45) is 5.92 Å². The zero-order valence-electron chi connectivity index (χ0n) is 18.0. The number of carbonyl (C=O) groups excluding carboxylic acids is 1. The summed E-state index contributed by atoms with van der Waals surface area (Å²) in [7, 11) is 0. The standard InChI is InChI=1S/C24H39FO2/c1-6-13-22(14-11-9-10-12-15-23(25)8-3)18-24(27-19-21(5)26)17-16-20(4)7-2/h6,11,13-16,22,24H,7-10,12,17-19H2,1-5H3/b13-6+,14-11?,20-16+,23-15+/t22-,24?/m0/s1. The van der Waals surface area contributed by atoms with E-state index in [2.05, 4.69) is 44.2 Å². The summed E-state index contributed by atoms with van der Waals surface area (Å²) in [5.74, 6) is 0.318. The lowest BCUT2D eigenvalue weighted by Gasteiger charge is -2.19. The molecule has 0 amide bonds. The van der Waals surface area contributed by atoms with Crippen LogP contribution in [0.4, 0.5) is 4.39 Å². The number of Topliss-reactive ketones (excluding diaryl/α,β-unsaturated/α-hetero) is 1. The molecule has 0 aromatic heterocycles. The molecule has 0 rings (SSSR count). The van der Waals surface area contributed by atoms with Crippen LogP contribution in [0.15, 0.2) is 47.9 Å². The van der Waals surface area contributed by atoms with Crippen molar-refractivity contribution < 1.29 is 13.9 Å². The first-order valence-electron chi connectivity index (χ1n) is 10.3. The number of rotatable bonds is 15. The highest BCUT2D eigenvalue weighted by Gasteiger charge is 2.13. The number of hydrogen-bond donors (Lipinski definition) is 0. The van der Waals surface area contributed by atoms with Crippen LogP contribution in [0.25, 0.3) is 0 Å². The van der Waals surface area contributed by atoms with Crippen LogP contribution in [-0.4, -0.2) is 18.5 Å². The Morgan fingerprint density at radius 2 is 1.81 bits per heavy atom. The highest BCUT2D eigenvalue weighted by Crippen LogP contribution is 2.18. The molecular weight excluding hydrogens is 339 g/mol. The van der Waals surface area contributed by atoms with E-state index in [1.54, 1.807) is 13.0 Å². The van der Waals surface area contributed by atoms with E-state index in [9.17, 15) is 9.18 Å². The van der Waals surface area contributed by atoms with Gasteiger partial charge in [0.15, 0.2) is 5.78 Å². The smallest absolute Gasteiger partial charge is 0.155 e. The Labute approximate surface area is 166 Å². The van der Waals surface area contributed by atoms with Crippen LogP contribution in [0.2, 0.25) is 0 Å². The van der Waals surface area contributed by atoms with Crippen molar-refractivity contribution in [3.63, 3.8) is 0 Å². The lowest BCUT2D eigenvalue weighted by Crippen LogP contribution is -2.19. The van der Waals surface area contributed by atoms with Crippen LogP contribution < -0.4 is 0 Å². The first kappa shape index (κ1) is 25.5. The number of halogens is 1. The summed E-state index contributed by atoms with van der Waals surface area (Å²) in [6.07, 6.45) is 18.4. The van der Waals surface area contributed by atoms with Gasteiger partial charge in [-0.2, -0.15) is 0 Å². The zero-order valence-corrected chi connectivity index (χ0v) is 18.0. The van der Waals surface area contributed by atoms with Crippen molar-refractivity contribution in [3.8, 4) is 0 Å². The highest BCUT2D eigenvalue weighted by molar-refractivity contribution is 5.76. The maximum atomic E-state index is 13.1. The molecule has 0 aliphatic carbocycles. The summed E-state index contributed by atoms with van der Waals surface area (Å²) in [5.41, 5.74) is 1.34. The second-order valence-electron chi connectivity index (χ2n) is 7.06. The molecule has 154 valence electrons. The Kier molecular flexibility index (Phi) is 15.8. The van der Waals surface area contributed by atoms with Crippen LogP contribution in [0.3, 0.4) is 0 Å². The summed E-state index contributed by atoms with van der Waals surface area (Å²) in [6.45, 7) is 9.85. The Balaban J connectivity index is 4.70. The molecule has 0 aliphatic heterocycles. The molecule has 2 atom stereocenters. The number of allylic oxidation sites excluding steroid dienone is 7.